The van der Waals surface area contributed by atoms with Gasteiger partial charge in [0, 0.05) is 0 Å². The average molecular weight is 241 g/mol. The van der Waals surface area contributed by atoms with Crippen molar-refractivity contribution in [1.29, 1.82) is 0 Å². The summed E-state index contributed by atoms with van der Waals surface area (Å²) >= 11 is 1.27. The van der Waals surface area contributed by atoms with Gasteiger partial charge in [0.2, 0.25) is 5.01 Å². The molecule has 88 valence electrons. The topological polar surface area (TPSA) is 59.4 Å². The van der Waals surface area contributed by atoms with Crippen LogP contribution in [0.1, 0.15) is 52.7 Å². The van der Waals surface area contributed by atoms with Crippen molar-refractivity contribution in [2.45, 2.75) is 38.7 Å². The van der Waals surface area contributed by atoms with Gasteiger partial charge in [-0.25, -0.2) is 9.78 Å². The Balaban J connectivity index is 2.25. The molecule has 0 saturated carbocycles. The maximum Gasteiger partial charge on any atom is 0.367 e. The molecule has 0 amide bonds. The Morgan fingerprint density at radius 2 is 2.44 bits per heavy atom. The number of aliphatic hydroxyl groups is 1. The van der Waals surface area contributed by atoms with Crippen molar-refractivity contribution in [2.75, 3.05) is 6.61 Å². The number of esters is 1. The van der Waals surface area contributed by atoms with Crippen molar-refractivity contribution in [3.8, 4) is 0 Å². The molecule has 1 aliphatic rings. The number of fused-ring (bicyclic) bond motifs is 1. The molecular weight excluding hydrogens is 226 g/mol. The lowest BCUT2D eigenvalue weighted by molar-refractivity contribution is 0.0525. The number of carbonyl (C=O) groups excluding carboxylic acids is 1. The number of nitrogens with zero attached hydrogens (tertiary/aromatic N) is 1. The molecule has 0 aromatic carbocycles. The van der Waals surface area contributed by atoms with E-state index in [-0.39, 0.29) is 5.97 Å². The zero-order chi connectivity index (χ0) is 11.5. The molecule has 0 aliphatic heterocycles. The normalized spacial score (nSPS) is 20.0. The molecule has 1 aromatic heterocycles. The quantitative estimate of drug-likeness (QED) is 0.636. The maximum atomic E-state index is 11.5. The summed E-state index contributed by atoms with van der Waals surface area (Å²) in [7, 11) is 0. The second-order valence-corrected chi connectivity index (χ2v) is 4.84. The third kappa shape index (κ3) is 2.25. The van der Waals surface area contributed by atoms with Gasteiger partial charge in [0.05, 0.1) is 23.3 Å². The highest BCUT2D eigenvalue weighted by Gasteiger charge is 2.24. The summed E-state index contributed by atoms with van der Waals surface area (Å²) in [5.41, 5.74) is 0.873. The predicted molar refractivity (Wildman–Crippen MR) is 60.6 cm³/mol. The van der Waals surface area contributed by atoms with E-state index in [0.717, 1.165) is 36.3 Å². The van der Waals surface area contributed by atoms with E-state index in [1.54, 1.807) is 6.92 Å². The van der Waals surface area contributed by atoms with Gasteiger partial charge in [0.25, 0.3) is 0 Å². The summed E-state index contributed by atoms with van der Waals surface area (Å²) in [4.78, 5) is 16.6. The van der Waals surface area contributed by atoms with Gasteiger partial charge in [-0.1, -0.05) is 6.42 Å². The smallest absolute Gasteiger partial charge is 0.367 e. The fourth-order valence-electron chi connectivity index (χ4n) is 1.84. The number of ether oxygens (including phenoxy) is 1. The summed E-state index contributed by atoms with van der Waals surface area (Å²) in [6.07, 6.45) is 3.19. The highest BCUT2D eigenvalue weighted by molar-refractivity contribution is 7.13. The number of hydrogen-bond acceptors (Lipinski definition) is 5. The lowest BCUT2D eigenvalue weighted by atomic mass is 10.2. The minimum Gasteiger partial charge on any atom is -0.461 e. The Hall–Kier alpha value is -0.940. The number of hydrogen-bond donors (Lipinski definition) is 1. The van der Waals surface area contributed by atoms with E-state index in [4.69, 9.17) is 4.74 Å². The largest absolute Gasteiger partial charge is 0.461 e. The summed E-state index contributed by atoms with van der Waals surface area (Å²) in [6, 6.07) is 0. The average Bonchev–Trinajstić information content (AvgIpc) is 2.62. The van der Waals surface area contributed by atoms with Crippen molar-refractivity contribution in [1.82, 2.24) is 4.98 Å². The monoisotopic (exact) mass is 241 g/mol. The molecule has 1 aliphatic carbocycles. The van der Waals surface area contributed by atoms with Gasteiger partial charge in [0.1, 0.15) is 0 Å². The molecule has 0 bridgehead atoms. The van der Waals surface area contributed by atoms with E-state index >= 15 is 0 Å². The van der Waals surface area contributed by atoms with E-state index in [9.17, 15) is 9.90 Å². The number of thiazole rings is 1. The molecule has 2 rings (SSSR count). The molecule has 1 unspecified atom stereocenters. The second-order valence-electron chi connectivity index (χ2n) is 3.81. The molecule has 1 atom stereocenters. The number of carbonyl (C=O) groups is 1. The third-order valence-electron chi connectivity index (χ3n) is 2.62. The summed E-state index contributed by atoms with van der Waals surface area (Å²) in [6.45, 7) is 2.12. The minimum atomic E-state index is -0.460. The molecule has 1 aromatic rings. The van der Waals surface area contributed by atoms with Gasteiger partial charge >= 0.3 is 5.97 Å². The Morgan fingerprint density at radius 3 is 3.19 bits per heavy atom. The number of aliphatic hydroxyl groups excluding tert-OH is 1. The Bertz CT molecular complexity index is 389. The first-order valence-electron chi connectivity index (χ1n) is 5.57. The van der Waals surface area contributed by atoms with Crippen LogP contribution < -0.4 is 0 Å². The molecular formula is C11H15NO3S. The van der Waals surface area contributed by atoms with Crippen LogP contribution in [0.25, 0.3) is 0 Å². The molecule has 0 fully saturated rings. The van der Waals surface area contributed by atoms with Crippen molar-refractivity contribution >= 4 is 17.3 Å². The Labute approximate surface area is 98.3 Å². The number of aryl methyl sites for hydroxylation is 1. The van der Waals surface area contributed by atoms with E-state index < -0.39 is 6.10 Å². The fourth-order valence-corrected chi connectivity index (χ4v) is 2.87. The number of rotatable bonds is 2. The van der Waals surface area contributed by atoms with Gasteiger partial charge in [-0.2, -0.15) is 0 Å². The molecule has 4 nitrogen and oxygen atoms in total. The van der Waals surface area contributed by atoms with Crippen LogP contribution in [0, 0.1) is 0 Å². The standard InChI is InChI=1S/C11H15NO3S/c1-2-15-11(14)10-12-7-5-3-4-6-8(13)9(7)16-10/h8,13H,2-6H2,1H3. The molecule has 1 heterocycles. The van der Waals surface area contributed by atoms with E-state index in [1.807, 2.05) is 0 Å². The highest BCUT2D eigenvalue weighted by Crippen LogP contribution is 2.33. The first kappa shape index (κ1) is 11.5. The molecule has 0 spiro atoms. The van der Waals surface area contributed by atoms with Crippen LogP contribution in [-0.2, 0) is 11.2 Å². The van der Waals surface area contributed by atoms with E-state index in [1.165, 1.54) is 11.3 Å². The van der Waals surface area contributed by atoms with Crippen LogP contribution in [0.4, 0.5) is 0 Å². The lowest BCUT2D eigenvalue weighted by Gasteiger charge is -2.03. The summed E-state index contributed by atoms with van der Waals surface area (Å²) in [5.74, 6) is -0.382. The molecule has 16 heavy (non-hydrogen) atoms. The van der Waals surface area contributed by atoms with Crippen LogP contribution >= 0.6 is 11.3 Å². The van der Waals surface area contributed by atoms with E-state index in [2.05, 4.69) is 4.98 Å². The van der Waals surface area contributed by atoms with Gasteiger partial charge in [-0.15, -0.1) is 11.3 Å². The van der Waals surface area contributed by atoms with Gasteiger partial charge in [0.15, 0.2) is 0 Å². The van der Waals surface area contributed by atoms with Gasteiger partial charge in [-0.3, -0.25) is 0 Å². The molecule has 1 N–H and O–H groups in total. The Morgan fingerprint density at radius 1 is 1.62 bits per heavy atom. The first-order chi connectivity index (χ1) is 7.72. The highest BCUT2D eigenvalue weighted by atomic mass is 32.1. The molecule has 0 radical (unpaired) electrons. The zero-order valence-corrected chi connectivity index (χ0v) is 10.0. The Kier molecular flexibility index (Phi) is 3.56. The van der Waals surface area contributed by atoms with Crippen LogP contribution in [-0.4, -0.2) is 22.7 Å². The first-order valence-corrected chi connectivity index (χ1v) is 6.38. The van der Waals surface area contributed by atoms with Crippen LogP contribution in [0.2, 0.25) is 0 Å². The van der Waals surface area contributed by atoms with Crippen molar-refractivity contribution in [3.05, 3.63) is 15.6 Å². The van der Waals surface area contributed by atoms with E-state index in [0.29, 0.717) is 11.6 Å². The predicted octanol–water partition coefficient (Wildman–Crippen LogP) is 2.08. The third-order valence-corrected chi connectivity index (χ3v) is 3.80. The maximum absolute atomic E-state index is 11.5. The van der Waals surface area contributed by atoms with Gasteiger partial charge < -0.3 is 9.84 Å². The SMILES string of the molecule is CCOC(=O)c1nc2c(s1)C(O)CCCC2. The summed E-state index contributed by atoms with van der Waals surface area (Å²) in [5, 5.41) is 10.3. The van der Waals surface area contributed by atoms with Crippen molar-refractivity contribution < 1.29 is 14.6 Å². The van der Waals surface area contributed by atoms with Crippen molar-refractivity contribution in [2.24, 2.45) is 0 Å². The second kappa shape index (κ2) is 4.93. The minimum absolute atomic E-state index is 0.353. The van der Waals surface area contributed by atoms with Crippen LogP contribution in [0.3, 0.4) is 0 Å². The fraction of sp³-hybridized carbons (Fsp3) is 0.636. The van der Waals surface area contributed by atoms with Crippen molar-refractivity contribution in [3.63, 3.8) is 0 Å². The number of aromatic nitrogens is 1. The molecule has 5 heteroatoms. The zero-order valence-electron chi connectivity index (χ0n) is 9.23. The summed E-state index contributed by atoms with van der Waals surface area (Å²) < 4.78 is 4.90. The van der Waals surface area contributed by atoms with Gasteiger partial charge in [-0.05, 0) is 26.2 Å². The lowest BCUT2D eigenvalue weighted by Crippen LogP contribution is -2.04. The van der Waals surface area contributed by atoms with Crippen LogP contribution in [0.5, 0.6) is 0 Å². The molecule has 0 saturated heterocycles. The van der Waals surface area contributed by atoms with Crippen LogP contribution in [0.15, 0.2) is 0 Å².